The van der Waals surface area contributed by atoms with E-state index in [1.807, 2.05) is 0 Å². The van der Waals surface area contributed by atoms with Crippen LogP contribution in [0.4, 0.5) is 10.3 Å². The van der Waals surface area contributed by atoms with Gasteiger partial charge in [0.2, 0.25) is 5.95 Å². The quantitative estimate of drug-likeness (QED) is 0.724. The fraction of sp³-hybridized carbons (Fsp3) is 0.278. The van der Waals surface area contributed by atoms with Crippen molar-refractivity contribution in [3.8, 4) is 0 Å². The van der Waals surface area contributed by atoms with Gasteiger partial charge in [-0.3, -0.25) is 4.57 Å². The fourth-order valence-electron chi connectivity index (χ4n) is 3.16. The molecular formula is C18H17FN4O3. The van der Waals surface area contributed by atoms with Crippen molar-refractivity contribution in [1.82, 2.24) is 14.5 Å². The van der Waals surface area contributed by atoms with Crippen molar-refractivity contribution in [3.63, 3.8) is 0 Å². The second-order valence-corrected chi connectivity index (χ2v) is 6.37. The summed E-state index contributed by atoms with van der Waals surface area (Å²) in [5, 5.41) is 3.11. The highest BCUT2D eigenvalue weighted by Gasteiger charge is 2.36. The molecule has 4 rings (SSSR count). The Morgan fingerprint density at radius 3 is 2.92 bits per heavy atom. The van der Waals surface area contributed by atoms with E-state index in [9.17, 15) is 9.18 Å². The van der Waals surface area contributed by atoms with Crippen LogP contribution in [0.25, 0.3) is 11.0 Å². The second kappa shape index (κ2) is 5.98. The van der Waals surface area contributed by atoms with Gasteiger partial charge < -0.3 is 14.5 Å². The molecule has 2 aromatic heterocycles. The lowest BCUT2D eigenvalue weighted by atomic mass is 10.00. The van der Waals surface area contributed by atoms with Crippen LogP contribution in [0.2, 0.25) is 0 Å². The number of hydrogen-bond acceptors (Lipinski definition) is 6. The number of oxazole rings is 1. The minimum atomic E-state index is -0.636. The normalized spacial score (nSPS) is 16.7. The number of nitrogens with zero attached hydrogens (tertiary/aromatic N) is 3. The van der Waals surface area contributed by atoms with Crippen LogP contribution < -0.4 is 5.32 Å². The van der Waals surface area contributed by atoms with Crippen LogP contribution >= 0.6 is 0 Å². The number of halogens is 1. The molecule has 0 spiro atoms. The van der Waals surface area contributed by atoms with Crippen LogP contribution in [0.1, 0.15) is 32.5 Å². The zero-order valence-corrected chi connectivity index (χ0v) is 14.5. The molecule has 26 heavy (non-hydrogen) atoms. The van der Waals surface area contributed by atoms with Crippen molar-refractivity contribution in [3.05, 3.63) is 53.6 Å². The first kappa shape index (κ1) is 16.3. The zero-order valence-electron chi connectivity index (χ0n) is 14.5. The van der Waals surface area contributed by atoms with E-state index < -0.39 is 17.8 Å². The van der Waals surface area contributed by atoms with E-state index in [2.05, 4.69) is 15.3 Å². The Balaban J connectivity index is 1.95. The standard InChI is InChI=1S/C18H17FN4O3/c1-9(2)26-17(24)15-10(3)21-18-22-12-5-4-11(19)6-14(12)23(18)16(15)13-7-25-8-20-13/h4-9,16H,1-3H3,(H,21,22). The molecule has 3 aromatic rings. The molecule has 1 unspecified atom stereocenters. The van der Waals surface area contributed by atoms with Gasteiger partial charge in [0.15, 0.2) is 6.39 Å². The highest BCUT2D eigenvalue weighted by molar-refractivity contribution is 5.94. The minimum absolute atomic E-state index is 0.279. The number of carbonyl (C=O) groups is 1. The highest BCUT2D eigenvalue weighted by Crippen LogP contribution is 2.39. The summed E-state index contributed by atoms with van der Waals surface area (Å²) in [6, 6.07) is 3.69. The first-order valence-corrected chi connectivity index (χ1v) is 8.20. The average molecular weight is 356 g/mol. The molecule has 1 aromatic carbocycles. The molecule has 0 saturated carbocycles. The van der Waals surface area contributed by atoms with Gasteiger partial charge in [-0.15, -0.1) is 0 Å². The number of fused-ring (bicyclic) bond motifs is 3. The zero-order chi connectivity index (χ0) is 18.4. The van der Waals surface area contributed by atoms with Gasteiger partial charge in [-0.05, 0) is 39.0 Å². The van der Waals surface area contributed by atoms with E-state index in [-0.39, 0.29) is 6.10 Å². The third kappa shape index (κ3) is 2.54. The van der Waals surface area contributed by atoms with Gasteiger partial charge in [-0.2, -0.15) is 0 Å². The second-order valence-electron chi connectivity index (χ2n) is 6.37. The topological polar surface area (TPSA) is 82.2 Å². The number of benzene rings is 1. The minimum Gasteiger partial charge on any atom is -0.459 e. The summed E-state index contributed by atoms with van der Waals surface area (Å²) in [5.74, 6) is -0.365. The predicted molar refractivity (Wildman–Crippen MR) is 91.9 cm³/mol. The molecule has 0 fully saturated rings. The lowest BCUT2D eigenvalue weighted by molar-refractivity contribution is -0.143. The molecule has 8 heteroatoms. The van der Waals surface area contributed by atoms with Crippen LogP contribution in [0.3, 0.4) is 0 Å². The number of nitrogens with one attached hydrogen (secondary N) is 1. The van der Waals surface area contributed by atoms with Crippen LogP contribution in [0.15, 0.2) is 46.5 Å². The third-order valence-corrected chi connectivity index (χ3v) is 4.18. The van der Waals surface area contributed by atoms with Crippen molar-refractivity contribution in [2.75, 3.05) is 5.32 Å². The largest absolute Gasteiger partial charge is 0.459 e. The van der Waals surface area contributed by atoms with E-state index in [0.29, 0.717) is 33.9 Å². The SMILES string of the molecule is CC1=C(C(=O)OC(C)C)C(c2cocn2)n2c(nc3ccc(F)cc32)N1. The summed E-state index contributed by atoms with van der Waals surface area (Å²) >= 11 is 0. The highest BCUT2D eigenvalue weighted by atomic mass is 19.1. The van der Waals surface area contributed by atoms with Gasteiger partial charge in [0.1, 0.15) is 23.8 Å². The summed E-state index contributed by atoms with van der Waals surface area (Å²) in [4.78, 5) is 21.5. The summed E-state index contributed by atoms with van der Waals surface area (Å²) in [5.41, 5.74) is 2.64. The van der Waals surface area contributed by atoms with Crippen molar-refractivity contribution in [2.45, 2.75) is 32.9 Å². The average Bonchev–Trinajstić information content (AvgIpc) is 3.20. The number of anilines is 1. The van der Waals surface area contributed by atoms with E-state index in [1.165, 1.54) is 24.8 Å². The molecule has 1 atom stereocenters. The Bertz CT molecular complexity index is 1020. The maximum atomic E-state index is 13.9. The van der Waals surface area contributed by atoms with E-state index >= 15 is 0 Å². The van der Waals surface area contributed by atoms with Crippen LogP contribution in [-0.4, -0.2) is 26.6 Å². The molecule has 7 nitrogen and oxygen atoms in total. The summed E-state index contributed by atoms with van der Waals surface area (Å²) in [7, 11) is 0. The van der Waals surface area contributed by atoms with Crippen molar-refractivity contribution >= 4 is 23.0 Å². The van der Waals surface area contributed by atoms with Crippen LogP contribution in [0.5, 0.6) is 0 Å². The molecule has 134 valence electrons. The Morgan fingerprint density at radius 1 is 1.42 bits per heavy atom. The first-order valence-electron chi connectivity index (χ1n) is 8.20. The van der Waals surface area contributed by atoms with Crippen molar-refractivity contribution < 1.29 is 18.3 Å². The molecule has 0 radical (unpaired) electrons. The molecule has 1 N–H and O–H groups in total. The van der Waals surface area contributed by atoms with Gasteiger partial charge in [0.05, 0.1) is 22.7 Å². The third-order valence-electron chi connectivity index (χ3n) is 4.18. The fourth-order valence-corrected chi connectivity index (χ4v) is 3.16. The summed E-state index contributed by atoms with van der Waals surface area (Å²) in [6.07, 6.45) is 2.47. The van der Waals surface area contributed by atoms with Crippen LogP contribution in [0, 0.1) is 5.82 Å². The summed E-state index contributed by atoms with van der Waals surface area (Å²) < 4.78 is 26.1. The molecule has 0 aliphatic carbocycles. The Kier molecular flexibility index (Phi) is 3.75. The molecule has 1 aliphatic rings. The lowest BCUT2D eigenvalue weighted by Crippen LogP contribution is -2.30. The molecule has 0 amide bonds. The smallest absolute Gasteiger partial charge is 0.338 e. The van der Waals surface area contributed by atoms with Gasteiger partial charge in [-0.1, -0.05) is 0 Å². The number of ether oxygens (including phenoxy) is 1. The molecule has 1 aliphatic heterocycles. The lowest BCUT2D eigenvalue weighted by Gasteiger charge is -2.28. The maximum absolute atomic E-state index is 13.9. The van der Waals surface area contributed by atoms with Gasteiger partial charge in [-0.25, -0.2) is 19.2 Å². The molecule has 0 bridgehead atoms. The van der Waals surface area contributed by atoms with Gasteiger partial charge in [0, 0.05) is 5.70 Å². The number of hydrogen-bond donors (Lipinski definition) is 1. The van der Waals surface area contributed by atoms with Gasteiger partial charge in [0.25, 0.3) is 0 Å². The van der Waals surface area contributed by atoms with E-state index in [0.717, 1.165) is 0 Å². The van der Waals surface area contributed by atoms with E-state index in [1.54, 1.807) is 31.4 Å². The number of imidazole rings is 1. The monoisotopic (exact) mass is 356 g/mol. The number of allylic oxidation sites excluding steroid dienone is 1. The first-order chi connectivity index (χ1) is 12.5. The van der Waals surface area contributed by atoms with Crippen molar-refractivity contribution in [2.24, 2.45) is 0 Å². The Hall–Kier alpha value is -3.16. The number of esters is 1. The van der Waals surface area contributed by atoms with E-state index in [4.69, 9.17) is 9.15 Å². The maximum Gasteiger partial charge on any atom is 0.338 e. The molecular weight excluding hydrogens is 339 g/mol. The Morgan fingerprint density at radius 2 is 2.23 bits per heavy atom. The van der Waals surface area contributed by atoms with Crippen molar-refractivity contribution in [1.29, 1.82) is 0 Å². The number of carbonyl (C=O) groups excluding carboxylic acids is 1. The molecule has 3 heterocycles. The molecule has 0 saturated heterocycles. The number of aromatic nitrogens is 3. The van der Waals surface area contributed by atoms with Crippen LogP contribution in [-0.2, 0) is 9.53 Å². The number of rotatable bonds is 3. The Labute approximate surface area is 148 Å². The van der Waals surface area contributed by atoms with Gasteiger partial charge >= 0.3 is 5.97 Å². The summed E-state index contributed by atoms with van der Waals surface area (Å²) in [6.45, 7) is 5.33. The predicted octanol–water partition coefficient (Wildman–Crippen LogP) is 3.40.